The molecule has 0 bridgehead atoms. The molecule has 88 valence electrons. The van der Waals surface area contributed by atoms with Crippen LogP contribution in [0.25, 0.3) is 0 Å². The van der Waals surface area contributed by atoms with E-state index in [1.807, 2.05) is 20.2 Å². The van der Waals surface area contributed by atoms with E-state index in [-0.39, 0.29) is 12.0 Å². The minimum Gasteiger partial charge on any atom is -0.468 e. The van der Waals surface area contributed by atoms with Crippen LogP contribution >= 0.6 is 0 Å². The van der Waals surface area contributed by atoms with E-state index in [4.69, 9.17) is 4.74 Å². The number of rotatable bonds is 4. The second kappa shape index (κ2) is 4.25. The molecule has 0 amide bonds. The lowest BCUT2D eigenvalue weighted by molar-refractivity contribution is -0.143. The molecule has 0 radical (unpaired) electrons. The van der Waals surface area contributed by atoms with Gasteiger partial charge in [0.05, 0.1) is 12.8 Å². The third kappa shape index (κ3) is 2.24. The van der Waals surface area contributed by atoms with Crippen molar-refractivity contribution in [3.63, 3.8) is 0 Å². The molecule has 1 aromatic heterocycles. The molecule has 1 atom stereocenters. The molecular weight excluding hydrogens is 206 g/mol. The number of carbonyl (C=O) groups is 1. The van der Waals surface area contributed by atoms with Crippen molar-refractivity contribution in [3.05, 3.63) is 17.5 Å². The molecule has 0 aliphatic heterocycles. The molecule has 5 heteroatoms. The smallest absolute Gasteiger partial charge is 0.327 e. The molecule has 1 N–H and O–H groups in total. The predicted molar refractivity (Wildman–Crippen MR) is 58.9 cm³/mol. The number of aromatic nitrogens is 2. The highest BCUT2D eigenvalue weighted by Gasteiger charge is 2.31. The molecule has 1 aliphatic carbocycles. The lowest BCUT2D eigenvalue weighted by Gasteiger charge is -2.15. The van der Waals surface area contributed by atoms with Crippen LogP contribution in [-0.2, 0) is 16.6 Å². The summed E-state index contributed by atoms with van der Waals surface area (Å²) >= 11 is 0. The van der Waals surface area contributed by atoms with Gasteiger partial charge >= 0.3 is 5.97 Å². The van der Waals surface area contributed by atoms with E-state index < -0.39 is 0 Å². The van der Waals surface area contributed by atoms with Gasteiger partial charge in [0.25, 0.3) is 0 Å². The Morgan fingerprint density at radius 3 is 2.81 bits per heavy atom. The zero-order valence-electron chi connectivity index (χ0n) is 9.86. The highest BCUT2D eigenvalue weighted by atomic mass is 16.5. The molecule has 2 rings (SSSR count). The average molecular weight is 223 g/mol. The number of nitrogens with zero attached hydrogens (tertiary/aromatic N) is 2. The first kappa shape index (κ1) is 11.1. The molecule has 1 unspecified atom stereocenters. The first-order chi connectivity index (χ1) is 7.61. The zero-order chi connectivity index (χ0) is 11.7. The van der Waals surface area contributed by atoms with Gasteiger partial charge in [0, 0.05) is 24.8 Å². The number of methoxy groups -OCH3 is 1. The summed E-state index contributed by atoms with van der Waals surface area (Å²) in [6.07, 6.45) is 4.13. The van der Waals surface area contributed by atoms with E-state index in [2.05, 4.69) is 10.4 Å². The monoisotopic (exact) mass is 223 g/mol. The van der Waals surface area contributed by atoms with Gasteiger partial charge < -0.3 is 4.74 Å². The van der Waals surface area contributed by atoms with Gasteiger partial charge in [-0.1, -0.05) is 0 Å². The van der Waals surface area contributed by atoms with Crippen LogP contribution in [0.1, 0.15) is 30.1 Å². The summed E-state index contributed by atoms with van der Waals surface area (Å²) in [7, 11) is 3.26. The largest absolute Gasteiger partial charge is 0.468 e. The molecule has 1 fully saturated rings. The molecule has 0 saturated heterocycles. The number of hydrogen-bond acceptors (Lipinski definition) is 4. The van der Waals surface area contributed by atoms with Crippen LogP contribution in [0.3, 0.4) is 0 Å². The summed E-state index contributed by atoms with van der Waals surface area (Å²) < 4.78 is 6.54. The topological polar surface area (TPSA) is 56.1 Å². The quantitative estimate of drug-likeness (QED) is 0.763. The van der Waals surface area contributed by atoms with Crippen LogP contribution in [0.2, 0.25) is 0 Å². The van der Waals surface area contributed by atoms with Crippen LogP contribution in [0, 0.1) is 6.92 Å². The van der Waals surface area contributed by atoms with Crippen molar-refractivity contribution in [1.82, 2.24) is 15.1 Å². The van der Waals surface area contributed by atoms with Crippen molar-refractivity contribution < 1.29 is 9.53 Å². The lowest BCUT2D eigenvalue weighted by Crippen LogP contribution is -2.31. The van der Waals surface area contributed by atoms with Gasteiger partial charge in [-0.3, -0.25) is 10.00 Å². The summed E-state index contributed by atoms with van der Waals surface area (Å²) in [6.45, 7) is 1.90. The van der Waals surface area contributed by atoms with Gasteiger partial charge in [-0.15, -0.1) is 0 Å². The third-order valence-electron chi connectivity index (χ3n) is 2.78. The average Bonchev–Trinajstić information content (AvgIpc) is 3.00. The molecule has 1 aromatic rings. The maximum Gasteiger partial charge on any atom is 0.327 e. The van der Waals surface area contributed by atoms with Gasteiger partial charge in [-0.25, -0.2) is 4.79 Å². The summed E-state index contributed by atoms with van der Waals surface area (Å²) in [4.78, 5) is 11.7. The van der Waals surface area contributed by atoms with Crippen molar-refractivity contribution in [2.45, 2.75) is 31.8 Å². The molecule has 5 nitrogen and oxygen atoms in total. The van der Waals surface area contributed by atoms with Gasteiger partial charge in [-0.2, -0.15) is 5.10 Å². The fourth-order valence-corrected chi connectivity index (χ4v) is 1.79. The fourth-order valence-electron chi connectivity index (χ4n) is 1.79. The van der Waals surface area contributed by atoms with Crippen LogP contribution < -0.4 is 5.32 Å². The Labute approximate surface area is 94.8 Å². The predicted octanol–water partition coefficient (Wildman–Crippen LogP) is 0.695. The number of carbonyl (C=O) groups excluding carboxylic acids is 1. The Hall–Kier alpha value is -1.36. The highest BCUT2D eigenvalue weighted by Crippen LogP contribution is 2.26. The summed E-state index contributed by atoms with van der Waals surface area (Å²) in [5.41, 5.74) is 1.77. The van der Waals surface area contributed by atoms with E-state index in [1.165, 1.54) is 7.11 Å². The van der Waals surface area contributed by atoms with Gasteiger partial charge in [-0.05, 0) is 19.8 Å². The standard InChI is InChI=1S/C11H17N3O2/c1-7-9(6-14(2)13-7)10(11(15)16-3)12-8-4-5-8/h6,8,10,12H,4-5H2,1-3H3. The van der Waals surface area contributed by atoms with E-state index in [9.17, 15) is 4.79 Å². The Morgan fingerprint density at radius 1 is 1.69 bits per heavy atom. The second-order valence-electron chi connectivity index (χ2n) is 4.24. The minimum atomic E-state index is -0.383. The Balaban J connectivity index is 2.22. The Bertz CT molecular complexity index is 396. The van der Waals surface area contributed by atoms with Crippen LogP contribution in [0.15, 0.2) is 6.20 Å². The van der Waals surface area contributed by atoms with E-state index in [1.54, 1.807) is 4.68 Å². The van der Waals surface area contributed by atoms with E-state index in [0.29, 0.717) is 6.04 Å². The normalized spacial score (nSPS) is 17.2. The molecule has 0 spiro atoms. The van der Waals surface area contributed by atoms with Crippen LogP contribution in [0.4, 0.5) is 0 Å². The number of ether oxygens (including phenoxy) is 1. The summed E-state index contributed by atoms with van der Waals surface area (Å²) in [5.74, 6) is -0.247. The molecule has 0 aromatic carbocycles. The van der Waals surface area contributed by atoms with Crippen molar-refractivity contribution in [2.24, 2.45) is 7.05 Å². The van der Waals surface area contributed by atoms with Gasteiger partial charge in [0.15, 0.2) is 0 Å². The van der Waals surface area contributed by atoms with E-state index >= 15 is 0 Å². The van der Waals surface area contributed by atoms with Gasteiger partial charge in [0.2, 0.25) is 0 Å². The molecule has 1 heterocycles. The zero-order valence-corrected chi connectivity index (χ0v) is 9.86. The SMILES string of the molecule is COC(=O)C(NC1CC1)c1cn(C)nc1C. The van der Waals surface area contributed by atoms with Crippen LogP contribution in [0.5, 0.6) is 0 Å². The first-order valence-corrected chi connectivity index (χ1v) is 5.46. The summed E-state index contributed by atoms with van der Waals surface area (Å²) in [5, 5.41) is 7.53. The van der Waals surface area contributed by atoms with Gasteiger partial charge in [0.1, 0.15) is 6.04 Å². The summed E-state index contributed by atoms with van der Waals surface area (Å²) in [6, 6.07) is 0.0647. The number of nitrogens with one attached hydrogen (secondary N) is 1. The maximum absolute atomic E-state index is 11.7. The molecule has 1 aliphatic rings. The molecule has 1 saturated carbocycles. The van der Waals surface area contributed by atoms with E-state index in [0.717, 1.165) is 24.1 Å². The van der Waals surface area contributed by atoms with Crippen molar-refractivity contribution in [1.29, 1.82) is 0 Å². The lowest BCUT2D eigenvalue weighted by atomic mass is 10.1. The minimum absolute atomic E-state index is 0.247. The fraction of sp³-hybridized carbons (Fsp3) is 0.636. The third-order valence-corrected chi connectivity index (χ3v) is 2.78. The first-order valence-electron chi connectivity index (χ1n) is 5.46. The highest BCUT2D eigenvalue weighted by molar-refractivity contribution is 5.77. The number of aryl methyl sites for hydroxylation is 2. The second-order valence-corrected chi connectivity index (χ2v) is 4.24. The number of hydrogen-bond donors (Lipinski definition) is 1. The van der Waals surface area contributed by atoms with Crippen molar-refractivity contribution >= 4 is 5.97 Å². The maximum atomic E-state index is 11.7. The van der Waals surface area contributed by atoms with Crippen molar-refractivity contribution in [2.75, 3.05) is 7.11 Å². The Morgan fingerprint density at radius 2 is 2.38 bits per heavy atom. The number of esters is 1. The van der Waals surface area contributed by atoms with Crippen LogP contribution in [-0.4, -0.2) is 28.9 Å². The molecular formula is C11H17N3O2. The molecule has 16 heavy (non-hydrogen) atoms. The van der Waals surface area contributed by atoms with Crippen molar-refractivity contribution in [3.8, 4) is 0 Å². The Kier molecular flexibility index (Phi) is 2.96.